The van der Waals surface area contributed by atoms with E-state index in [-0.39, 0.29) is 12.3 Å². The number of nitrogens with zero attached hydrogens (tertiary/aromatic N) is 2. The van der Waals surface area contributed by atoms with Crippen LogP contribution in [0.1, 0.15) is 19.5 Å². The molecule has 0 saturated carbocycles. The van der Waals surface area contributed by atoms with Gasteiger partial charge in [0.2, 0.25) is 5.91 Å². The van der Waals surface area contributed by atoms with E-state index in [4.69, 9.17) is 14.2 Å². The summed E-state index contributed by atoms with van der Waals surface area (Å²) in [5, 5.41) is 7.89. The Balaban J connectivity index is 1.53. The minimum Gasteiger partial charge on any atom is -0.492 e. The summed E-state index contributed by atoms with van der Waals surface area (Å²) in [5.74, 6) is 1.21. The van der Waals surface area contributed by atoms with Gasteiger partial charge in [0.25, 0.3) is 0 Å². The topological polar surface area (TPSA) is 72.9 Å². The lowest BCUT2D eigenvalue weighted by Gasteiger charge is -2.31. The number of morpholine rings is 1. The van der Waals surface area contributed by atoms with Crippen LogP contribution in [-0.2, 0) is 16.0 Å². The summed E-state index contributed by atoms with van der Waals surface area (Å²) in [4.78, 5) is 20.8. The highest BCUT2D eigenvalue weighted by molar-refractivity contribution is 7.20. The zero-order valence-electron chi connectivity index (χ0n) is 18.3. The highest BCUT2D eigenvalue weighted by Gasteiger charge is 2.21. The van der Waals surface area contributed by atoms with Gasteiger partial charge in [0, 0.05) is 30.6 Å². The number of aromatic nitrogens is 1. The Morgan fingerprint density at radius 3 is 2.66 bits per heavy atom. The summed E-state index contributed by atoms with van der Waals surface area (Å²) >= 11 is 3.20. The van der Waals surface area contributed by atoms with Crippen molar-refractivity contribution in [1.29, 1.82) is 0 Å². The molecule has 0 aliphatic carbocycles. The van der Waals surface area contributed by atoms with Gasteiger partial charge in [-0.3, -0.25) is 4.79 Å². The van der Waals surface area contributed by atoms with Crippen molar-refractivity contribution >= 4 is 40.0 Å². The molecule has 0 spiro atoms. The number of nitrogens with one attached hydrogen (secondary N) is 1. The van der Waals surface area contributed by atoms with E-state index in [0.29, 0.717) is 37.9 Å². The fourth-order valence-electron chi connectivity index (χ4n) is 3.50. The van der Waals surface area contributed by atoms with Crippen LogP contribution in [0.15, 0.2) is 35.0 Å². The van der Waals surface area contributed by atoms with Crippen LogP contribution >= 0.6 is 22.7 Å². The van der Waals surface area contributed by atoms with Gasteiger partial charge in [-0.2, -0.15) is 0 Å². The summed E-state index contributed by atoms with van der Waals surface area (Å²) in [6.45, 7) is 7.83. The number of hydrogen-bond acceptors (Lipinski definition) is 8. The van der Waals surface area contributed by atoms with Crippen molar-refractivity contribution in [2.45, 2.75) is 20.3 Å². The first kappa shape index (κ1) is 22.6. The molecule has 7 nitrogen and oxygen atoms in total. The molecule has 0 unspecified atom stereocenters. The Labute approximate surface area is 196 Å². The first-order chi connectivity index (χ1) is 15.7. The van der Waals surface area contributed by atoms with Gasteiger partial charge in [-0.15, -0.1) is 22.7 Å². The molecule has 0 atom stereocenters. The third kappa shape index (κ3) is 5.40. The SMILES string of the molecule is CCOc1cc(N2CCOCC2)c(OCC)cc1NC(=O)Cc1csc(-c2cccs2)n1. The van der Waals surface area contributed by atoms with Crippen molar-refractivity contribution in [3.05, 3.63) is 40.7 Å². The van der Waals surface area contributed by atoms with E-state index in [9.17, 15) is 4.79 Å². The lowest BCUT2D eigenvalue weighted by molar-refractivity contribution is -0.115. The van der Waals surface area contributed by atoms with E-state index in [1.165, 1.54) is 0 Å². The molecule has 1 aromatic carbocycles. The summed E-state index contributed by atoms with van der Waals surface area (Å²) in [5.41, 5.74) is 2.31. The van der Waals surface area contributed by atoms with Gasteiger partial charge in [-0.25, -0.2) is 4.98 Å². The van der Waals surface area contributed by atoms with Gasteiger partial charge in [-0.05, 0) is 25.3 Å². The van der Waals surface area contributed by atoms with Gasteiger partial charge in [0.05, 0.1) is 54.8 Å². The minimum absolute atomic E-state index is 0.143. The Morgan fingerprint density at radius 1 is 1.16 bits per heavy atom. The smallest absolute Gasteiger partial charge is 0.230 e. The maximum Gasteiger partial charge on any atom is 0.230 e. The molecule has 32 heavy (non-hydrogen) atoms. The molecule has 1 aliphatic rings. The highest BCUT2D eigenvalue weighted by atomic mass is 32.1. The lowest BCUT2D eigenvalue weighted by Crippen LogP contribution is -2.36. The van der Waals surface area contributed by atoms with Gasteiger partial charge in [0.1, 0.15) is 16.5 Å². The van der Waals surface area contributed by atoms with Crippen LogP contribution < -0.4 is 19.7 Å². The molecule has 1 N–H and O–H groups in total. The van der Waals surface area contributed by atoms with E-state index in [0.717, 1.165) is 40.1 Å². The molecule has 3 heterocycles. The molecule has 1 saturated heterocycles. The van der Waals surface area contributed by atoms with Crippen LogP contribution in [0.2, 0.25) is 0 Å². The van der Waals surface area contributed by atoms with Crippen LogP contribution in [-0.4, -0.2) is 50.4 Å². The Bertz CT molecular complexity index is 1030. The number of anilines is 2. The largest absolute Gasteiger partial charge is 0.492 e. The molecule has 3 aromatic rings. The molecular weight excluding hydrogens is 446 g/mol. The van der Waals surface area contributed by atoms with E-state index in [1.54, 1.807) is 22.7 Å². The average Bonchev–Trinajstić information content (AvgIpc) is 3.48. The third-order valence-corrected chi connectivity index (χ3v) is 6.84. The summed E-state index contributed by atoms with van der Waals surface area (Å²) in [6.07, 6.45) is 0.197. The maximum atomic E-state index is 12.8. The number of hydrogen-bond donors (Lipinski definition) is 1. The predicted octanol–water partition coefficient (Wildman–Crippen LogP) is 4.69. The van der Waals surface area contributed by atoms with Crippen molar-refractivity contribution in [3.63, 3.8) is 0 Å². The van der Waals surface area contributed by atoms with Crippen LogP contribution in [0, 0.1) is 0 Å². The molecular formula is C23H27N3O4S2. The fourth-order valence-corrected chi connectivity index (χ4v) is 5.14. The quantitative estimate of drug-likeness (QED) is 0.486. The molecule has 1 fully saturated rings. The Kier molecular flexibility index (Phi) is 7.62. The molecule has 0 bridgehead atoms. The van der Waals surface area contributed by atoms with Gasteiger partial charge in [0.15, 0.2) is 0 Å². The predicted molar refractivity (Wildman–Crippen MR) is 130 cm³/mol. The molecule has 170 valence electrons. The van der Waals surface area contributed by atoms with E-state index >= 15 is 0 Å². The summed E-state index contributed by atoms with van der Waals surface area (Å²) in [7, 11) is 0. The molecule has 0 radical (unpaired) electrons. The second-order valence-electron chi connectivity index (χ2n) is 7.13. The third-order valence-electron chi connectivity index (χ3n) is 4.91. The number of carbonyl (C=O) groups is 1. The van der Waals surface area contributed by atoms with Crippen LogP contribution in [0.5, 0.6) is 11.5 Å². The number of rotatable bonds is 9. The second kappa shape index (κ2) is 10.8. The van der Waals surface area contributed by atoms with E-state index < -0.39 is 0 Å². The lowest BCUT2D eigenvalue weighted by atomic mass is 10.2. The molecule has 1 aliphatic heterocycles. The Hall–Kier alpha value is -2.62. The zero-order chi connectivity index (χ0) is 22.3. The highest BCUT2D eigenvalue weighted by Crippen LogP contribution is 2.39. The number of amides is 1. The molecule has 9 heteroatoms. The number of thiazole rings is 1. The fraction of sp³-hybridized carbons (Fsp3) is 0.391. The van der Waals surface area contributed by atoms with Gasteiger partial charge >= 0.3 is 0 Å². The molecule has 2 aromatic heterocycles. The van der Waals surface area contributed by atoms with Crippen LogP contribution in [0.4, 0.5) is 11.4 Å². The average molecular weight is 474 g/mol. The van der Waals surface area contributed by atoms with Gasteiger partial charge < -0.3 is 24.4 Å². The molecule has 1 amide bonds. The van der Waals surface area contributed by atoms with Crippen molar-refractivity contribution in [3.8, 4) is 21.4 Å². The van der Waals surface area contributed by atoms with Crippen molar-refractivity contribution in [1.82, 2.24) is 4.98 Å². The Morgan fingerprint density at radius 2 is 1.94 bits per heavy atom. The standard InChI is InChI=1S/C23H27N3O4S2/c1-3-29-19-14-18(26-7-9-28-10-8-26)20(30-4-2)13-17(19)25-22(27)12-16-15-32-23(24-16)21-6-5-11-31-21/h5-6,11,13-15H,3-4,7-10,12H2,1-2H3,(H,25,27). The first-order valence-electron chi connectivity index (χ1n) is 10.7. The normalized spacial score (nSPS) is 13.8. The summed E-state index contributed by atoms with van der Waals surface area (Å²) < 4.78 is 17.3. The van der Waals surface area contributed by atoms with E-state index in [2.05, 4.69) is 15.2 Å². The number of ether oxygens (including phenoxy) is 3. The van der Waals surface area contributed by atoms with Crippen molar-refractivity contribution < 1.29 is 19.0 Å². The number of carbonyl (C=O) groups excluding carboxylic acids is 1. The van der Waals surface area contributed by atoms with Gasteiger partial charge in [-0.1, -0.05) is 6.07 Å². The van der Waals surface area contributed by atoms with Crippen molar-refractivity contribution in [2.75, 3.05) is 49.7 Å². The van der Waals surface area contributed by atoms with Crippen LogP contribution in [0.3, 0.4) is 0 Å². The monoisotopic (exact) mass is 473 g/mol. The van der Waals surface area contributed by atoms with E-state index in [1.807, 2.05) is 48.9 Å². The second-order valence-corrected chi connectivity index (χ2v) is 8.93. The maximum absolute atomic E-state index is 12.8. The number of thiophene rings is 1. The van der Waals surface area contributed by atoms with Crippen LogP contribution in [0.25, 0.3) is 9.88 Å². The zero-order valence-corrected chi connectivity index (χ0v) is 19.9. The summed E-state index contributed by atoms with van der Waals surface area (Å²) in [6, 6.07) is 7.84. The first-order valence-corrected chi connectivity index (χ1v) is 12.5. The number of benzene rings is 1. The minimum atomic E-state index is -0.143. The van der Waals surface area contributed by atoms with Crippen molar-refractivity contribution in [2.24, 2.45) is 0 Å². The molecule has 4 rings (SSSR count).